The van der Waals surface area contributed by atoms with E-state index >= 15 is 0 Å². The van der Waals surface area contributed by atoms with Crippen molar-refractivity contribution in [3.05, 3.63) is 48.6 Å². The van der Waals surface area contributed by atoms with Crippen LogP contribution >= 0.6 is 0 Å². The number of hydrogen-bond acceptors (Lipinski definition) is 9. The monoisotopic (exact) mass is 546 g/mol. The molecule has 9 nitrogen and oxygen atoms in total. The molecular weight excluding hydrogens is 500 g/mol. The number of aromatic nitrogens is 4. The highest BCUT2D eigenvalue weighted by atomic mass is 16.1. The molecule has 2 aromatic heterocycles. The third-order valence-corrected chi connectivity index (χ3v) is 9.70. The summed E-state index contributed by atoms with van der Waals surface area (Å²) in [5, 5.41) is 0. The van der Waals surface area contributed by atoms with Crippen LogP contribution in [0.1, 0.15) is 74.6 Å². The summed E-state index contributed by atoms with van der Waals surface area (Å²) in [7, 11) is 0. The molecule has 0 saturated carbocycles. The molecular formula is C31H46N8O. The van der Waals surface area contributed by atoms with Crippen LogP contribution in [-0.2, 0) is 4.79 Å². The average Bonchev–Trinajstić information content (AvgIpc) is 3.75. The molecule has 40 heavy (non-hydrogen) atoms. The maximum Gasteiger partial charge on any atom is 0.169 e. The first kappa shape index (κ1) is 27.8. The van der Waals surface area contributed by atoms with Gasteiger partial charge in [0.15, 0.2) is 5.78 Å². The highest BCUT2D eigenvalue weighted by molar-refractivity contribution is 5.89. The SMILES string of the molecule is O=C(C(CN1CCCC(c2cnccn2)C1)N1CCCC1)C(CN1CCCC(c2cnccn2)C1)N1CCCC1. The Bertz CT molecular complexity index is 976. The molecule has 9 heteroatoms. The van der Waals surface area contributed by atoms with Crippen molar-refractivity contribution in [2.45, 2.75) is 75.3 Å². The van der Waals surface area contributed by atoms with Gasteiger partial charge in [0.2, 0.25) is 0 Å². The van der Waals surface area contributed by atoms with Gasteiger partial charge in [-0.2, -0.15) is 0 Å². The lowest BCUT2D eigenvalue weighted by Crippen LogP contribution is -2.58. The minimum absolute atomic E-state index is 0.0331. The Balaban J connectivity index is 1.18. The fraction of sp³-hybridized carbons (Fsp3) is 0.710. The number of hydrogen-bond donors (Lipinski definition) is 0. The van der Waals surface area contributed by atoms with Crippen molar-refractivity contribution in [3.63, 3.8) is 0 Å². The Morgan fingerprint density at radius 1 is 0.650 bits per heavy atom. The summed E-state index contributed by atoms with van der Waals surface area (Å²) in [5.41, 5.74) is 2.18. The zero-order valence-electron chi connectivity index (χ0n) is 24.0. The predicted octanol–water partition coefficient (Wildman–Crippen LogP) is 2.82. The molecule has 0 aromatic carbocycles. The van der Waals surface area contributed by atoms with Crippen molar-refractivity contribution in [2.75, 3.05) is 65.4 Å². The van der Waals surface area contributed by atoms with Crippen molar-refractivity contribution >= 4 is 5.78 Å². The Morgan fingerprint density at radius 2 is 1.10 bits per heavy atom. The summed E-state index contributed by atoms with van der Waals surface area (Å²) < 4.78 is 0. The van der Waals surface area contributed by atoms with Crippen LogP contribution in [-0.4, -0.2) is 123 Å². The van der Waals surface area contributed by atoms with Crippen LogP contribution in [0, 0.1) is 0 Å². The van der Waals surface area contributed by atoms with Crippen LogP contribution in [0.5, 0.6) is 0 Å². The van der Waals surface area contributed by atoms with Gasteiger partial charge in [0.25, 0.3) is 0 Å². The summed E-state index contributed by atoms with van der Waals surface area (Å²) in [6.45, 7) is 9.92. The Hall–Kier alpha value is -2.33. The Morgan fingerprint density at radius 3 is 1.50 bits per heavy atom. The van der Waals surface area contributed by atoms with E-state index < -0.39 is 0 Å². The summed E-state index contributed by atoms with van der Waals surface area (Å²) >= 11 is 0. The van der Waals surface area contributed by atoms with Crippen molar-refractivity contribution in [2.24, 2.45) is 0 Å². The number of rotatable bonds is 10. The summed E-state index contributed by atoms with van der Waals surface area (Å²) in [6, 6.07) is -0.0661. The molecule has 0 aliphatic carbocycles. The lowest BCUT2D eigenvalue weighted by atomic mass is 9.92. The molecule has 216 valence electrons. The van der Waals surface area contributed by atoms with Crippen LogP contribution in [0.4, 0.5) is 0 Å². The second-order valence-corrected chi connectivity index (χ2v) is 12.4. The number of nitrogens with zero attached hydrogens (tertiary/aromatic N) is 8. The predicted molar refractivity (Wildman–Crippen MR) is 155 cm³/mol. The number of carbonyl (C=O) groups is 1. The standard InChI is InChI=1S/C31H46N8O/c40-31(29(38-15-1-2-16-38)23-36-13-5-7-25(21-36)27-19-32-9-11-34-27)30(39-17-3-4-18-39)24-37-14-6-8-26(22-37)28-20-33-10-12-35-28/h9-12,19-20,25-26,29-30H,1-8,13-18,21-24H2. The molecule has 4 fully saturated rings. The van der Waals surface area contributed by atoms with Gasteiger partial charge < -0.3 is 9.80 Å². The maximum atomic E-state index is 14.7. The van der Waals surface area contributed by atoms with Gasteiger partial charge in [-0.3, -0.25) is 34.5 Å². The van der Waals surface area contributed by atoms with Crippen molar-refractivity contribution in [3.8, 4) is 0 Å². The van der Waals surface area contributed by atoms with Crippen molar-refractivity contribution in [1.82, 2.24) is 39.5 Å². The molecule has 0 N–H and O–H groups in total. The third-order valence-electron chi connectivity index (χ3n) is 9.70. The number of Topliss-reactive ketones (excluding diaryl/α,β-unsaturated/α-hetero) is 1. The van der Waals surface area contributed by atoms with Gasteiger partial charge in [0.05, 0.1) is 23.5 Å². The van der Waals surface area contributed by atoms with Gasteiger partial charge in [-0.25, -0.2) is 0 Å². The van der Waals surface area contributed by atoms with Crippen LogP contribution in [0.15, 0.2) is 37.2 Å². The number of ketones is 1. The van der Waals surface area contributed by atoms with Gasteiger partial charge >= 0.3 is 0 Å². The smallest absolute Gasteiger partial charge is 0.169 e. The van der Waals surface area contributed by atoms with E-state index in [-0.39, 0.29) is 12.1 Å². The van der Waals surface area contributed by atoms with Crippen LogP contribution in [0.2, 0.25) is 0 Å². The third kappa shape index (κ3) is 6.75. The van der Waals surface area contributed by atoms with E-state index in [1.54, 1.807) is 24.8 Å². The first-order valence-electron chi connectivity index (χ1n) is 15.7. The normalized spacial score (nSPS) is 27.1. The fourth-order valence-corrected chi connectivity index (χ4v) is 7.56. The van der Waals surface area contributed by atoms with Gasteiger partial charge in [-0.15, -0.1) is 0 Å². The van der Waals surface area contributed by atoms with Crippen LogP contribution in [0.3, 0.4) is 0 Å². The molecule has 4 unspecified atom stereocenters. The lowest BCUT2D eigenvalue weighted by molar-refractivity contribution is -0.130. The minimum Gasteiger partial charge on any atom is -0.301 e. The van der Waals surface area contributed by atoms with E-state index in [1.807, 2.05) is 12.4 Å². The largest absolute Gasteiger partial charge is 0.301 e. The molecule has 4 aliphatic rings. The van der Waals surface area contributed by atoms with Crippen LogP contribution < -0.4 is 0 Å². The van der Waals surface area contributed by atoms with E-state index in [0.717, 1.165) is 103 Å². The minimum atomic E-state index is -0.0331. The quantitative estimate of drug-likeness (QED) is 0.447. The molecule has 4 atom stereocenters. The molecule has 4 saturated heterocycles. The second kappa shape index (κ2) is 13.6. The molecule has 0 amide bonds. The van der Waals surface area contributed by atoms with Crippen molar-refractivity contribution in [1.29, 1.82) is 0 Å². The van der Waals surface area contributed by atoms with Crippen LogP contribution in [0.25, 0.3) is 0 Å². The zero-order chi connectivity index (χ0) is 27.1. The number of carbonyl (C=O) groups excluding carboxylic acids is 1. The molecule has 0 radical (unpaired) electrons. The van der Waals surface area contributed by atoms with E-state index in [0.29, 0.717) is 17.6 Å². The molecule has 2 aromatic rings. The van der Waals surface area contributed by atoms with E-state index in [1.165, 1.54) is 25.7 Å². The fourth-order valence-electron chi connectivity index (χ4n) is 7.56. The average molecular weight is 547 g/mol. The number of piperidine rings is 2. The molecule has 6 heterocycles. The van der Waals surface area contributed by atoms with Gasteiger partial charge in [-0.1, -0.05) is 0 Å². The molecule has 4 aliphatic heterocycles. The Kier molecular flexibility index (Phi) is 9.43. The number of likely N-dealkylation sites (tertiary alicyclic amines) is 4. The Labute approximate surface area is 239 Å². The summed E-state index contributed by atoms with van der Waals surface area (Å²) in [4.78, 5) is 42.7. The highest BCUT2D eigenvalue weighted by Gasteiger charge is 2.39. The molecule has 6 rings (SSSR count). The topological polar surface area (TPSA) is 81.6 Å². The maximum absolute atomic E-state index is 14.7. The first-order chi connectivity index (χ1) is 19.7. The molecule has 0 spiro atoms. The lowest BCUT2D eigenvalue weighted by Gasteiger charge is -2.41. The van der Waals surface area contributed by atoms with Crippen molar-refractivity contribution < 1.29 is 4.79 Å². The summed E-state index contributed by atoms with van der Waals surface area (Å²) in [6.07, 6.45) is 20.4. The van der Waals surface area contributed by atoms with Gasteiger partial charge in [0, 0.05) is 75.2 Å². The van der Waals surface area contributed by atoms with Gasteiger partial charge in [-0.05, 0) is 90.6 Å². The summed E-state index contributed by atoms with van der Waals surface area (Å²) in [5.74, 6) is 1.25. The van der Waals surface area contributed by atoms with E-state index in [4.69, 9.17) is 0 Å². The zero-order valence-corrected chi connectivity index (χ0v) is 24.0. The highest BCUT2D eigenvalue weighted by Crippen LogP contribution is 2.29. The first-order valence-corrected chi connectivity index (χ1v) is 15.7. The van der Waals surface area contributed by atoms with E-state index in [2.05, 4.69) is 39.5 Å². The van der Waals surface area contributed by atoms with E-state index in [9.17, 15) is 4.79 Å². The molecule has 0 bridgehead atoms. The second-order valence-electron chi connectivity index (χ2n) is 12.4. The van der Waals surface area contributed by atoms with Gasteiger partial charge in [0.1, 0.15) is 0 Å².